The van der Waals surface area contributed by atoms with Crippen LogP contribution in [0.2, 0.25) is 5.02 Å². The number of thiazole rings is 1. The van der Waals surface area contributed by atoms with Crippen molar-refractivity contribution in [3.05, 3.63) is 45.3 Å². The van der Waals surface area contributed by atoms with Crippen LogP contribution in [0.5, 0.6) is 0 Å². The molecule has 1 aliphatic heterocycles. The molecular weight excluding hydrogens is 488 g/mol. The minimum atomic E-state index is -0.0184. The molecule has 1 saturated heterocycles. The highest BCUT2D eigenvalue weighted by molar-refractivity contribution is 7.13. The van der Waals surface area contributed by atoms with Crippen LogP contribution in [0, 0.1) is 22.2 Å². The molecule has 1 aliphatic carbocycles. The van der Waals surface area contributed by atoms with E-state index < -0.39 is 0 Å². The van der Waals surface area contributed by atoms with Crippen LogP contribution in [0.3, 0.4) is 0 Å². The number of nitrogens with zero attached hydrogens (tertiary/aromatic N) is 5. The molecule has 1 N–H and O–H groups in total. The smallest absolute Gasteiger partial charge is 0.310 e. The summed E-state index contributed by atoms with van der Waals surface area (Å²) in [6.45, 7) is 3.18. The highest BCUT2D eigenvalue weighted by Crippen LogP contribution is 2.30. The molecule has 9 nitrogen and oxygen atoms in total. The van der Waals surface area contributed by atoms with Gasteiger partial charge in [0.2, 0.25) is 12.3 Å². The lowest BCUT2D eigenvalue weighted by atomic mass is 9.85. The molecule has 2 heterocycles. The van der Waals surface area contributed by atoms with Crippen LogP contribution < -0.4 is 5.32 Å². The van der Waals surface area contributed by atoms with Gasteiger partial charge in [-0.1, -0.05) is 43.7 Å². The van der Waals surface area contributed by atoms with Gasteiger partial charge in [0.1, 0.15) is 5.02 Å². The molecule has 11 heteroatoms. The zero-order chi connectivity index (χ0) is 25.2. The topological polar surface area (TPSA) is 109 Å². The quantitative estimate of drug-likeness (QED) is 0.419. The zero-order valence-electron chi connectivity index (χ0n) is 19.7. The van der Waals surface area contributed by atoms with E-state index in [4.69, 9.17) is 16.9 Å². The Bertz CT molecular complexity index is 1050. The van der Waals surface area contributed by atoms with Gasteiger partial charge in [-0.05, 0) is 31.4 Å². The molecule has 2 amide bonds. The fourth-order valence-electron chi connectivity index (χ4n) is 4.56. The number of hydrogen-bond acceptors (Lipinski definition) is 6. The SMILES string of the molecule is CC(CC1CCCCC1)N1CCN([N+](=O)c2ccc(C#N)cc2Cl)CC1=O.O=CNc1nccs1. The van der Waals surface area contributed by atoms with Crippen LogP contribution in [0.4, 0.5) is 10.8 Å². The number of halogens is 1. The molecule has 0 bridgehead atoms. The molecule has 0 spiro atoms. The number of nitrogens with one attached hydrogen (secondary N) is 1. The number of rotatable bonds is 7. The van der Waals surface area contributed by atoms with Gasteiger partial charge in [0, 0.05) is 30.2 Å². The normalized spacial score (nSPS) is 17.1. The molecule has 1 aromatic heterocycles. The first-order chi connectivity index (χ1) is 16.9. The third-order valence-corrected chi connectivity index (χ3v) is 7.33. The van der Waals surface area contributed by atoms with E-state index in [-0.39, 0.29) is 29.2 Å². The maximum Gasteiger partial charge on any atom is 0.310 e. The summed E-state index contributed by atoms with van der Waals surface area (Å²) in [5, 5.41) is 15.4. The third kappa shape index (κ3) is 7.47. The van der Waals surface area contributed by atoms with E-state index in [1.165, 1.54) is 60.6 Å². The lowest BCUT2D eigenvalue weighted by Crippen LogP contribution is -2.55. The summed E-state index contributed by atoms with van der Waals surface area (Å²) in [4.78, 5) is 41.4. The second-order valence-corrected chi connectivity index (χ2v) is 10.0. The third-order valence-electron chi connectivity index (χ3n) is 6.32. The minimum absolute atomic E-state index is 0.0184. The predicted molar refractivity (Wildman–Crippen MR) is 135 cm³/mol. The molecule has 1 aromatic carbocycles. The monoisotopic (exact) mass is 517 g/mol. The van der Waals surface area contributed by atoms with Gasteiger partial charge in [0.15, 0.2) is 16.5 Å². The number of piperazine rings is 1. The second-order valence-electron chi connectivity index (χ2n) is 8.71. The number of amides is 2. The zero-order valence-corrected chi connectivity index (χ0v) is 21.3. The van der Waals surface area contributed by atoms with Crippen molar-refractivity contribution in [2.75, 3.05) is 25.0 Å². The van der Waals surface area contributed by atoms with E-state index >= 15 is 0 Å². The molecular formula is C24H30ClN6O3S+. The molecule has 1 unspecified atom stereocenters. The molecule has 0 radical (unpaired) electrons. The van der Waals surface area contributed by atoms with E-state index in [0.29, 0.717) is 41.0 Å². The average Bonchev–Trinajstić information content (AvgIpc) is 3.38. The average molecular weight is 518 g/mol. The molecule has 4 rings (SSSR count). The lowest BCUT2D eigenvalue weighted by Gasteiger charge is -2.36. The van der Waals surface area contributed by atoms with Crippen molar-refractivity contribution in [1.82, 2.24) is 14.9 Å². The molecule has 35 heavy (non-hydrogen) atoms. The molecule has 2 aliphatic rings. The van der Waals surface area contributed by atoms with Gasteiger partial charge < -0.3 is 10.2 Å². The lowest BCUT2D eigenvalue weighted by molar-refractivity contribution is -0.640. The van der Waals surface area contributed by atoms with Gasteiger partial charge in [0.25, 0.3) is 0 Å². The first-order valence-corrected chi connectivity index (χ1v) is 13.0. The summed E-state index contributed by atoms with van der Waals surface area (Å²) in [5.74, 6) is 0.697. The van der Waals surface area contributed by atoms with Crippen molar-refractivity contribution >= 4 is 46.1 Å². The summed E-state index contributed by atoms with van der Waals surface area (Å²) < 4.78 is 0. The Morgan fingerprint density at radius 2 is 2.11 bits per heavy atom. The number of nitroso groups, excluding NO2 is 1. The van der Waals surface area contributed by atoms with Crippen molar-refractivity contribution in [2.24, 2.45) is 5.92 Å². The van der Waals surface area contributed by atoms with E-state index in [9.17, 15) is 14.5 Å². The number of aromatic nitrogens is 1. The van der Waals surface area contributed by atoms with Gasteiger partial charge in [-0.3, -0.25) is 9.59 Å². The Morgan fingerprint density at radius 3 is 2.71 bits per heavy atom. The van der Waals surface area contributed by atoms with Crippen molar-refractivity contribution in [3.63, 3.8) is 0 Å². The Morgan fingerprint density at radius 1 is 1.34 bits per heavy atom. The fourth-order valence-corrected chi connectivity index (χ4v) is 5.30. The van der Waals surface area contributed by atoms with Crippen LogP contribution in [0.1, 0.15) is 51.0 Å². The van der Waals surface area contributed by atoms with Gasteiger partial charge in [0.05, 0.1) is 23.1 Å². The van der Waals surface area contributed by atoms with E-state index in [1.54, 1.807) is 17.6 Å². The Balaban J connectivity index is 0.000000363. The van der Waals surface area contributed by atoms with Crippen LogP contribution in [-0.2, 0) is 9.59 Å². The number of anilines is 1. The van der Waals surface area contributed by atoms with Gasteiger partial charge in [-0.25, -0.2) is 4.98 Å². The highest BCUT2D eigenvalue weighted by atomic mass is 35.5. The maximum absolute atomic E-state index is 12.7. The van der Waals surface area contributed by atoms with Gasteiger partial charge in [-0.15, -0.1) is 16.3 Å². The van der Waals surface area contributed by atoms with E-state index in [1.807, 2.05) is 11.0 Å². The Labute approximate surface area is 214 Å². The summed E-state index contributed by atoms with van der Waals surface area (Å²) in [6, 6.07) is 6.74. The van der Waals surface area contributed by atoms with Crippen LogP contribution in [-0.4, -0.2) is 57.8 Å². The van der Waals surface area contributed by atoms with Crippen molar-refractivity contribution in [2.45, 2.75) is 51.5 Å². The van der Waals surface area contributed by atoms with Gasteiger partial charge in [-0.2, -0.15) is 5.26 Å². The number of carbonyl (C=O) groups excluding carboxylic acids is 2. The van der Waals surface area contributed by atoms with Crippen LogP contribution >= 0.6 is 22.9 Å². The summed E-state index contributed by atoms with van der Waals surface area (Å²) >= 11 is 7.53. The largest absolute Gasteiger partial charge is 0.336 e. The van der Waals surface area contributed by atoms with Crippen LogP contribution in [0.25, 0.3) is 0 Å². The van der Waals surface area contributed by atoms with E-state index in [0.717, 1.165) is 6.42 Å². The molecule has 2 aromatic rings. The van der Waals surface area contributed by atoms with Gasteiger partial charge >= 0.3 is 5.69 Å². The standard InChI is InChI=1S/C20H26ClN4O2.C4H4N2OS/c1-15(11-16-5-3-2-4-6-16)24-10-9-23(14-20(24)26)25(27)19-8-7-17(13-22)12-18(19)21;7-3-6-4-5-1-2-8-4/h7-8,12,15-16H,2-6,9-11,14H2,1H3;1-3H,(H,5,6,7)/q+1;. The first-order valence-electron chi connectivity index (χ1n) is 11.7. The summed E-state index contributed by atoms with van der Waals surface area (Å²) in [6.07, 6.45) is 9.77. The van der Waals surface area contributed by atoms with E-state index in [2.05, 4.69) is 17.2 Å². The predicted octanol–water partition coefficient (Wildman–Crippen LogP) is 4.75. The highest BCUT2D eigenvalue weighted by Gasteiger charge is 2.36. The number of hydrogen-bond donors (Lipinski definition) is 1. The van der Waals surface area contributed by atoms with Crippen molar-refractivity contribution in [3.8, 4) is 6.07 Å². The Kier molecular flexibility index (Phi) is 9.99. The summed E-state index contributed by atoms with van der Waals surface area (Å²) in [5.41, 5.74) is 0.654. The molecule has 186 valence electrons. The number of benzene rings is 1. The number of hydrazine groups is 1. The molecule has 1 atom stereocenters. The first kappa shape index (κ1) is 26.6. The maximum atomic E-state index is 12.7. The number of nitriles is 1. The Hall–Kier alpha value is -3.03. The number of carbonyl (C=O) groups is 2. The molecule has 2 fully saturated rings. The fraction of sp³-hybridized carbons (Fsp3) is 0.500. The molecule has 1 saturated carbocycles. The summed E-state index contributed by atoms with van der Waals surface area (Å²) in [7, 11) is 0. The second kappa shape index (κ2) is 13.2. The van der Waals surface area contributed by atoms with Crippen molar-refractivity contribution < 1.29 is 14.5 Å². The van der Waals surface area contributed by atoms with Crippen LogP contribution in [0.15, 0.2) is 29.8 Å². The minimum Gasteiger partial charge on any atom is -0.336 e. The van der Waals surface area contributed by atoms with Crippen molar-refractivity contribution in [1.29, 1.82) is 5.26 Å².